The molecule has 346 valence electrons. The molecule has 75 heavy (non-hydrogen) atoms. The molecule has 0 fully saturated rings. The van der Waals surface area contributed by atoms with Gasteiger partial charge in [-0.05, 0) is 89.0 Å². The fourth-order valence-electron chi connectivity index (χ4n) is 9.75. The zero-order valence-corrected chi connectivity index (χ0v) is 39.9. The van der Waals surface area contributed by atoms with Crippen LogP contribution in [0.2, 0.25) is 0 Å². The molecule has 12 rings (SSSR count). The molecule has 0 aliphatic carbocycles. The molecule has 0 unspecified atom stereocenters. The first-order chi connectivity index (χ1) is 37.0. The van der Waals surface area contributed by atoms with Crippen molar-refractivity contribution in [3.63, 3.8) is 0 Å². The summed E-state index contributed by atoms with van der Waals surface area (Å²) in [5.74, 6) is 0.960. The number of hydrogen-bond donors (Lipinski definition) is 0. The first kappa shape index (κ1) is 45.1. The molecule has 0 amide bonds. The van der Waals surface area contributed by atoms with Crippen molar-refractivity contribution in [1.82, 2.24) is 24.5 Å². The molecule has 3 aromatic heterocycles. The van der Waals surface area contributed by atoms with Gasteiger partial charge in [-0.3, -0.25) is 0 Å². The molecular weight excluding hydrogens is 919 g/mol. The van der Waals surface area contributed by atoms with Crippen LogP contribution in [0.5, 0.6) is 0 Å². The van der Waals surface area contributed by atoms with Crippen molar-refractivity contribution < 1.29 is 0 Å². The average Bonchev–Trinajstić information content (AvgIpc) is 3.85. The van der Waals surface area contributed by atoms with E-state index in [9.17, 15) is 21.0 Å². The average molecular weight is 956 g/mol. The van der Waals surface area contributed by atoms with Crippen molar-refractivity contribution >= 4 is 21.8 Å². The molecule has 3 heterocycles. The lowest BCUT2D eigenvalue weighted by atomic mass is 9.96. The second-order valence-electron chi connectivity index (χ2n) is 17.9. The standard InChI is InChI=1S/C66H37N9/c67-38-42-21-26-53(51(31-42)40-69)48-23-28-55-56-29-24-49(54-27-22-43(39-68)32-52(54)41-70)35-64(56)75(63(55)34-48)62-30-25-50(65-71-58(44-13-5-1-6-14-44)36-59(72-65)45-15-7-2-8-16-45)33-57(62)66-73-60(46-17-9-3-10-18-46)37-61(74-66)47-19-11-4-12-20-47/h1-37H. The van der Waals surface area contributed by atoms with Crippen molar-refractivity contribution in [2.75, 3.05) is 0 Å². The van der Waals surface area contributed by atoms with Gasteiger partial charge in [-0.15, -0.1) is 0 Å². The van der Waals surface area contributed by atoms with Crippen LogP contribution in [0, 0.1) is 45.3 Å². The summed E-state index contributed by atoms with van der Waals surface area (Å²) in [6, 6.07) is 82.1. The van der Waals surface area contributed by atoms with Gasteiger partial charge in [0.1, 0.15) is 0 Å². The quantitative estimate of drug-likeness (QED) is 0.139. The third kappa shape index (κ3) is 8.48. The monoisotopic (exact) mass is 955 g/mol. The molecule has 0 spiro atoms. The number of aromatic nitrogens is 5. The second-order valence-corrected chi connectivity index (χ2v) is 17.9. The molecule has 9 heteroatoms. The molecule has 0 N–H and O–H groups in total. The Balaban J connectivity index is 1.19. The molecule has 9 nitrogen and oxygen atoms in total. The van der Waals surface area contributed by atoms with E-state index in [1.54, 1.807) is 24.3 Å². The van der Waals surface area contributed by atoms with E-state index in [-0.39, 0.29) is 0 Å². The summed E-state index contributed by atoms with van der Waals surface area (Å²) < 4.78 is 2.19. The lowest BCUT2D eigenvalue weighted by Gasteiger charge is -2.17. The Morgan fingerprint density at radius 1 is 0.293 bits per heavy atom. The predicted molar refractivity (Wildman–Crippen MR) is 294 cm³/mol. The van der Waals surface area contributed by atoms with Gasteiger partial charge in [-0.2, -0.15) is 21.0 Å². The van der Waals surface area contributed by atoms with Gasteiger partial charge in [-0.1, -0.05) is 158 Å². The van der Waals surface area contributed by atoms with Gasteiger partial charge >= 0.3 is 0 Å². The fraction of sp³-hybridized carbons (Fsp3) is 0. The number of nitriles is 4. The molecular formula is C66H37N9. The van der Waals surface area contributed by atoms with Gasteiger partial charge in [0, 0.05) is 44.2 Å². The number of hydrogen-bond acceptors (Lipinski definition) is 8. The van der Waals surface area contributed by atoms with Gasteiger partial charge in [0.25, 0.3) is 0 Å². The van der Waals surface area contributed by atoms with Crippen LogP contribution in [0.1, 0.15) is 22.3 Å². The largest absolute Gasteiger partial charge is 0.308 e. The maximum Gasteiger partial charge on any atom is 0.162 e. The maximum atomic E-state index is 10.4. The van der Waals surface area contributed by atoms with Crippen LogP contribution < -0.4 is 0 Å². The third-order valence-corrected chi connectivity index (χ3v) is 13.4. The van der Waals surface area contributed by atoms with Crippen LogP contribution in [0.4, 0.5) is 0 Å². The van der Waals surface area contributed by atoms with E-state index in [0.29, 0.717) is 50.6 Å². The van der Waals surface area contributed by atoms with Crippen LogP contribution in [0.3, 0.4) is 0 Å². The van der Waals surface area contributed by atoms with Crippen LogP contribution >= 0.6 is 0 Å². The molecule has 0 saturated heterocycles. The first-order valence-corrected chi connectivity index (χ1v) is 24.1. The van der Waals surface area contributed by atoms with E-state index in [0.717, 1.165) is 89.2 Å². The SMILES string of the molecule is N#Cc1ccc(-c2ccc3c4ccc(-c5ccc(C#N)cc5C#N)cc4n(-c4ccc(-c5nc(-c6ccccc6)cc(-c6ccccc6)n5)cc4-c4nc(-c5ccccc5)cc(-c5ccccc5)n4)c3c2)c(C#N)c1. The fourth-order valence-corrected chi connectivity index (χ4v) is 9.75. The summed E-state index contributed by atoms with van der Waals surface area (Å²) in [4.78, 5) is 21.3. The number of fused-ring (bicyclic) bond motifs is 3. The van der Waals surface area contributed by atoms with Gasteiger partial charge in [0.05, 0.1) is 86.0 Å². The first-order valence-electron chi connectivity index (χ1n) is 24.1. The summed E-state index contributed by atoms with van der Waals surface area (Å²) in [6.07, 6.45) is 0. The molecule has 0 aliphatic rings. The topological polar surface area (TPSA) is 152 Å². The van der Waals surface area contributed by atoms with Gasteiger partial charge in [0.15, 0.2) is 11.6 Å². The van der Waals surface area contributed by atoms with E-state index in [1.165, 1.54) is 0 Å². The maximum absolute atomic E-state index is 10.4. The Kier molecular flexibility index (Phi) is 11.6. The van der Waals surface area contributed by atoms with Crippen molar-refractivity contribution in [2.45, 2.75) is 0 Å². The number of benzene rings is 9. The second kappa shape index (κ2) is 19.2. The highest BCUT2D eigenvalue weighted by molar-refractivity contribution is 6.12. The van der Waals surface area contributed by atoms with Crippen LogP contribution in [0.15, 0.2) is 224 Å². The minimum absolute atomic E-state index is 0.375. The number of nitrogens with zero attached hydrogens (tertiary/aromatic N) is 9. The summed E-state index contributed by atoms with van der Waals surface area (Å²) in [5, 5.41) is 42.2. The molecule has 0 saturated carbocycles. The Bertz CT molecular complexity index is 4140. The normalized spacial score (nSPS) is 10.9. The van der Waals surface area contributed by atoms with Crippen molar-refractivity contribution in [3.05, 3.63) is 247 Å². The van der Waals surface area contributed by atoms with Crippen molar-refractivity contribution in [2.24, 2.45) is 0 Å². The molecule has 0 radical (unpaired) electrons. The number of rotatable bonds is 9. The van der Waals surface area contributed by atoms with E-state index in [4.69, 9.17) is 19.9 Å². The Morgan fingerprint density at radius 3 is 1.07 bits per heavy atom. The zero-order valence-electron chi connectivity index (χ0n) is 39.9. The molecule has 12 aromatic rings. The Hall–Kier alpha value is -11.1. The minimum atomic E-state index is 0.375. The van der Waals surface area contributed by atoms with Crippen molar-refractivity contribution in [1.29, 1.82) is 21.0 Å². The highest BCUT2D eigenvalue weighted by Gasteiger charge is 2.23. The third-order valence-electron chi connectivity index (χ3n) is 13.4. The Morgan fingerprint density at radius 2 is 0.680 bits per heavy atom. The molecule has 0 atom stereocenters. The highest BCUT2D eigenvalue weighted by atomic mass is 15.0. The lowest BCUT2D eigenvalue weighted by molar-refractivity contribution is 1.13. The van der Waals surface area contributed by atoms with E-state index in [2.05, 4.69) is 65.2 Å². The summed E-state index contributed by atoms with van der Waals surface area (Å²) in [7, 11) is 0. The van der Waals surface area contributed by atoms with Gasteiger partial charge in [0.2, 0.25) is 0 Å². The summed E-state index contributed by atoms with van der Waals surface area (Å²) in [6.45, 7) is 0. The summed E-state index contributed by atoms with van der Waals surface area (Å²) >= 11 is 0. The van der Waals surface area contributed by atoms with Crippen LogP contribution in [-0.2, 0) is 0 Å². The zero-order chi connectivity index (χ0) is 50.8. The van der Waals surface area contributed by atoms with E-state index in [1.807, 2.05) is 164 Å². The van der Waals surface area contributed by atoms with E-state index < -0.39 is 0 Å². The lowest BCUT2D eigenvalue weighted by Crippen LogP contribution is -2.03. The Labute approximate surface area is 432 Å². The molecule has 0 aliphatic heterocycles. The van der Waals surface area contributed by atoms with E-state index >= 15 is 0 Å². The van der Waals surface area contributed by atoms with Gasteiger partial charge < -0.3 is 4.57 Å². The summed E-state index contributed by atoms with van der Waals surface area (Å²) in [5.41, 5.74) is 14.9. The smallest absolute Gasteiger partial charge is 0.162 e. The van der Waals surface area contributed by atoms with Crippen molar-refractivity contribution in [3.8, 4) is 120 Å². The minimum Gasteiger partial charge on any atom is -0.308 e. The highest BCUT2D eigenvalue weighted by Crippen LogP contribution is 2.42. The van der Waals surface area contributed by atoms with Crippen LogP contribution in [-0.4, -0.2) is 24.5 Å². The molecule has 0 bridgehead atoms. The van der Waals surface area contributed by atoms with Crippen LogP contribution in [0.25, 0.3) is 118 Å². The predicted octanol–water partition coefficient (Wildman–Crippen LogP) is 15.2. The van der Waals surface area contributed by atoms with Gasteiger partial charge in [-0.25, -0.2) is 19.9 Å². The molecule has 9 aromatic carbocycles.